The van der Waals surface area contributed by atoms with Gasteiger partial charge in [0.2, 0.25) is 5.91 Å². The van der Waals surface area contributed by atoms with Gasteiger partial charge in [0.1, 0.15) is 0 Å². The standard InChI is InChI=1S/C14H25N3O3/c1-11(2)10-20-14(19)17-7-5-16(6-8-17)9-13(18)15-12-3-4-12/h11-12H,3-10H2,1-2H3,(H,15,18). The number of amides is 2. The minimum absolute atomic E-state index is 0.100. The van der Waals surface area contributed by atoms with Gasteiger partial charge in [-0.3, -0.25) is 9.69 Å². The second kappa shape index (κ2) is 6.92. The van der Waals surface area contributed by atoms with Crippen LogP contribution in [-0.2, 0) is 9.53 Å². The van der Waals surface area contributed by atoms with E-state index < -0.39 is 0 Å². The van der Waals surface area contributed by atoms with Crippen LogP contribution in [0.1, 0.15) is 26.7 Å². The predicted molar refractivity (Wildman–Crippen MR) is 75.4 cm³/mol. The second-order valence-electron chi connectivity index (χ2n) is 6.08. The molecule has 2 rings (SSSR count). The van der Waals surface area contributed by atoms with Gasteiger partial charge in [-0.05, 0) is 18.8 Å². The van der Waals surface area contributed by atoms with E-state index in [0.29, 0.717) is 38.2 Å². The van der Waals surface area contributed by atoms with E-state index in [0.717, 1.165) is 25.9 Å². The summed E-state index contributed by atoms with van der Waals surface area (Å²) < 4.78 is 5.21. The average Bonchev–Trinajstić information content (AvgIpc) is 3.20. The van der Waals surface area contributed by atoms with Crippen LogP contribution in [0.2, 0.25) is 0 Å². The third kappa shape index (κ3) is 5.00. The molecule has 0 aromatic rings. The first kappa shape index (κ1) is 15.1. The van der Waals surface area contributed by atoms with Crippen LogP contribution in [0.25, 0.3) is 0 Å². The molecule has 0 atom stereocenters. The number of carbonyl (C=O) groups is 2. The summed E-state index contributed by atoms with van der Waals surface area (Å²) in [4.78, 5) is 27.3. The van der Waals surface area contributed by atoms with Crippen LogP contribution in [0.3, 0.4) is 0 Å². The molecule has 1 N–H and O–H groups in total. The van der Waals surface area contributed by atoms with Crippen LogP contribution in [0, 0.1) is 5.92 Å². The summed E-state index contributed by atoms with van der Waals surface area (Å²) in [6, 6.07) is 0.412. The summed E-state index contributed by atoms with van der Waals surface area (Å²) >= 11 is 0. The van der Waals surface area contributed by atoms with Crippen molar-refractivity contribution in [2.24, 2.45) is 5.92 Å². The van der Waals surface area contributed by atoms with E-state index in [1.807, 2.05) is 13.8 Å². The highest BCUT2D eigenvalue weighted by atomic mass is 16.6. The first-order chi connectivity index (χ1) is 9.54. The van der Waals surface area contributed by atoms with Crippen molar-refractivity contribution in [1.29, 1.82) is 0 Å². The van der Waals surface area contributed by atoms with Gasteiger partial charge in [0, 0.05) is 32.2 Å². The summed E-state index contributed by atoms with van der Waals surface area (Å²) in [5.74, 6) is 0.453. The molecule has 0 spiro atoms. The Bertz CT molecular complexity index is 348. The number of piperazine rings is 1. The lowest BCUT2D eigenvalue weighted by atomic mass is 10.2. The molecule has 6 heteroatoms. The minimum Gasteiger partial charge on any atom is -0.449 e. The molecule has 1 heterocycles. The Hall–Kier alpha value is -1.30. The van der Waals surface area contributed by atoms with Gasteiger partial charge in [-0.1, -0.05) is 13.8 Å². The molecule has 2 fully saturated rings. The molecule has 6 nitrogen and oxygen atoms in total. The maximum absolute atomic E-state index is 11.8. The topological polar surface area (TPSA) is 61.9 Å². The summed E-state index contributed by atoms with van der Waals surface area (Å²) in [6.07, 6.45) is 1.99. The zero-order valence-electron chi connectivity index (χ0n) is 12.4. The molecule has 1 aliphatic carbocycles. The van der Waals surface area contributed by atoms with E-state index in [4.69, 9.17) is 4.74 Å². The van der Waals surface area contributed by atoms with E-state index in [1.165, 1.54) is 0 Å². The summed E-state index contributed by atoms with van der Waals surface area (Å²) in [6.45, 7) is 7.66. The largest absolute Gasteiger partial charge is 0.449 e. The number of nitrogens with zero attached hydrogens (tertiary/aromatic N) is 2. The molecule has 20 heavy (non-hydrogen) atoms. The molecular formula is C14H25N3O3. The van der Waals surface area contributed by atoms with Gasteiger partial charge in [0.05, 0.1) is 13.2 Å². The molecule has 0 aromatic carbocycles. The number of carbonyl (C=O) groups excluding carboxylic acids is 2. The number of hydrogen-bond acceptors (Lipinski definition) is 4. The highest BCUT2D eigenvalue weighted by molar-refractivity contribution is 5.78. The molecule has 0 unspecified atom stereocenters. The summed E-state index contributed by atoms with van der Waals surface area (Å²) in [5, 5.41) is 2.98. The highest BCUT2D eigenvalue weighted by Crippen LogP contribution is 2.18. The molecular weight excluding hydrogens is 258 g/mol. The Kier molecular flexibility index (Phi) is 5.23. The van der Waals surface area contributed by atoms with Crippen LogP contribution in [0.5, 0.6) is 0 Å². The third-order valence-electron chi connectivity index (χ3n) is 3.48. The summed E-state index contributed by atoms with van der Waals surface area (Å²) in [7, 11) is 0. The monoisotopic (exact) mass is 283 g/mol. The highest BCUT2D eigenvalue weighted by Gasteiger charge is 2.26. The van der Waals surface area contributed by atoms with Crippen molar-refractivity contribution in [3.05, 3.63) is 0 Å². The number of ether oxygens (including phenoxy) is 1. The molecule has 2 aliphatic rings. The van der Waals surface area contributed by atoms with Crippen molar-refractivity contribution in [3.8, 4) is 0 Å². The number of nitrogens with one attached hydrogen (secondary N) is 1. The van der Waals surface area contributed by atoms with Crippen molar-refractivity contribution in [3.63, 3.8) is 0 Å². The van der Waals surface area contributed by atoms with Crippen LogP contribution in [0.4, 0.5) is 4.79 Å². The fourth-order valence-corrected chi connectivity index (χ4v) is 2.12. The first-order valence-electron chi connectivity index (χ1n) is 7.48. The van der Waals surface area contributed by atoms with Gasteiger partial charge in [0.25, 0.3) is 0 Å². The van der Waals surface area contributed by atoms with E-state index in [9.17, 15) is 9.59 Å². The van der Waals surface area contributed by atoms with Crippen LogP contribution in [0.15, 0.2) is 0 Å². The lowest BCUT2D eigenvalue weighted by Gasteiger charge is -2.33. The molecule has 1 aliphatic heterocycles. The Morgan fingerprint density at radius 3 is 2.40 bits per heavy atom. The lowest BCUT2D eigenvalue weighted by Crippen LogP contribution is -2.51. The van der Waals surface area contributed by atoms with Crippen molar-refractivity contribution >= 4 is 12.0 Å². The van der Waals surface area contributed by atoms with Gasteiger partial charge >= 0.3 is 6.09 Å². The molecule has 1 saturated heterocycles. The summed E-state index contributed by atoms with van der Waals surface area (Å²) in [5.41, 5.74) is 0. The second-order valence-corrected chi connectivity index (χ2v) is 6.08. The van der Waals surface area contributed by atoms with Crippen LogP contribution < -0.4 is 5.32 Å². The van der Waals surface area contributed by atoms with E-state index in [2.05, 4.69) is 10.2 Å². The minimum atomic E-state index is -0.235. The van der Waals surface area contributed by atoms with Gasteiger partial charge in [0.15, 0.2) is 0 Å². The Balaban J connectivity index is 1.63. The number of rotatable bonds is 5. The van der Waals surface area contributed by atoms with E-state index in [1.54, 1.807) is 4.90 Å². The van der Waals surface area contributed by atoms with Gasteiger partial charge in [-0.25, -0.2) is 4.79 Å². The maximum Gasteiger partial charge on any atom is 0.409 e. The fraction of sp³-hybridized carbons (Fsp3) is 0.857. The smallest absolute Gasteiger partial charge is 0.409 e. The molecule has 2 amide bonds. The number of hydrogen-bond donors (Lipinski definition) is 1. The Morgan fingerprint density at radius 2 is 1.85 bits per heavy atom. The van der Waals surface area contributed by atoms with Crippen LogP contribution >= 0.6 is 0 Å². The van der Waals surface area contributed by atoms with E-state index in [-0.39, 0.29) is 12.0 Å². The Labute approximate surface area is 120 Å². The van der Waals surface area contributed by atoms with Gasteiger partial charge < -0.3 is 15.0 Å². The quantitative estimate of drug-likeness (QED) is 0.806. The van der Waals surface area contributed by atoms with Crippen molar-refractivity contribution in [1.82, 2.24) is 15.1 Å². The molecule has 1 saturated carbocycles. The molecule has 0 radical (unpaired) electrons. The maximum atomic E-state index is 11.8. The normalized spacial score (nSPS) is 20.1. The lowest BCUT2D eigenvalue weighted by molar-refractivity contribution is -0.122. The van der Waals surface area contributed by atoms with E-state index >= 15 is 0 Å². The molecule has 114 valence electrons. The third-order valence-corrected chi connectivity index (χ3v) is 3.48. The first-order valence-corrected chi connectivity index (χ1v) is 7.48. The van der Waals surface area contributed by atoms with Gasteiger partial charge in [-0.2, -0.15) is 0 Å². The molecule has 0 bridgehead atoms. The Morgan fingerprint density at radius 1 is 1.20 bits per heavy atom. The fourth-order valence-electron chi connectivity index (χ4n) is 2.12. The average molecular weight is 283 g/mol. The van der Waals surface area contributed by atoms with Crippen molar-refractivity contribution in [2.75, 3.05) is 39.3 Å². The van der Waals surface area contributed by atoms with Crippen LogP contribution in [-0.4, -0.2) is 67.2 Å². The zero-order chi connectivity index (χ0) is 14.5. The predicted octanol–water partition coefficient (Wildman–Crippen LogP) is 0.675. The zero-order valence-corrected chi connectivity index (χ0v) is 12.4. The molecule has 0 aromatic heterocycles. The van der Waals surface area contributed by atoms with Crippen molar-refractivity contribution < 1.29 is 14.3 Å². The van der Waals surface area contributed by atoms with Crippen molar-refractivity contribution in [2.45, 2.75) is 32.7 Å². The SMILES string of the molecule is CC(C)COC(=O)N1CCN(CC(=O)NC2CC2)CC1. The van der Waals surface area contributed by atoms with Gasteiger partial charge in [-0.15, -0.1) is 0 Å².